The number of nitrogens with one attached hydrogen (secondary N) is 2. The van der Waals surface area contributed by atoms with Crippen molar-refractivity contribution in [3.05, 3.63) is 113 Å². The fraction of sp³-hybridized carbons (Fsp3) is 0.258. The van der Waals surface area contributed by atoms with Gasteiger partial charge in [-0.1, -0.05) is 36.4 Å². The van der Waals surface area contributed by atoms with E-state index in [4.69, 9.17) is 12.2 Å². The van der Waals surface area contributed by atoms with Crippen molar-refractivity contribution >= 4 is 28.9 Å². The van der Waals surface area contributed by atoms with Crippen molar-refractivity contribution in [2.75, 3.05) is 11.9 Å². The van der Waals surface area contributed by atoms with E-state index in [0.29, 0.717) is 18.1 Å². The summed E-state index contributed by atoms with van der Waals surface area (Å²) >= 11 is 5.84. The van der Waals surface area contributed by atoms with Gasteiger partial charge in [0, 0.05) is 41.9 Å². The molecule has 38 heavy (non-hydrogen) atoms. The molecule has 1 saturated heterocycles. The second kappa shape index (κ2) is 10.8. The summed E-state index contributed by atoms with van der Waals surface area (Å²) in [6, 6.07) is 23.9. The second-order valence-electron chi connectivity index (χ2n) is 9.87. The number of hydrogen-bond acceptors (Lipinski definition) is 3. The summed E-state index contributed by atoms with van der Waals surface area (Å²) in [4.78, 5) is 19.6. The molecule has 5 rings (SSSR count). The van der Waals surface area contributed by atoms with Gasteiger partial charge in [-0.3, -0.25) is 9.78 Å². The number of thiocarbonyl (C=S) groups is 1. The number of anilines is 1. The maximum Gasteiger partial charge on any atom is 0.226 e. The number of benzene rings is 2. The normalized spacial score (nSPS) is 16.9. The van der Waals surface area contributed by atoms with Crippen molar-refractivity contribution in [3.8, 4) is 5.69 Å². The number of aryl methyl sites for hydroxylation is 2. The first-order valence-corrected chi connectivity index (χ1v) is 13.3. The van der Waals surface area contributed by atoms with Gasteiger partial charge in [0.05, 0.1) is 17.8 Å². The topological polar surface area (TPSA) is 62.2 Å². The number of para-hydroxylation sites is 1. The number of nitrogens with zero attached hydrogens (tertiary/aromatic N) is 3. The summed E-state index contributed by atoms with van der Waals surface area (Å²) in [6.45, 7) is 9.12. The summed E-state index contributed by atoms with van der Waals surface area (Å²) < 4.78 is 2.33. The highest BCUT2D eigenvalue weighted by Gasteiger charge is 2.41. The van der Waals surface area contributed by atoms with Crippen LogP contribution in [0, 0.1) is 27.7 Å². The molecule has 0 spiro atoms. The highest BCUT2D eigenvalue weighted by Crippen LogP contribution is 2.41. The Morgan fingerprint density at radius 1 is 1.00 bits per heavy atom. The number of amides is 1. The molecule has 1 fully saturated rings. The molecule has 0 saturated carbocycles. The average molecular weight is 524 g/mol. The SMILES string of the molecule is Cc1cccc(-n2c(C)cc([C@H]3[C@@H](c4ccccn4)NC(=S)N3CCC(=O)Nc3ccccc3)c2C)c1C. The first kappa shape index (κ1) is 25.7. The van der Waals surface area contributed by atoms with Crippen LogP contribution in [-0.4, -0.2) is 32.0 Å². The molecular formula is C31H33N5OS. The van der Waals surface area contributed by atoms with Gasteiger partial charge in [-0.25, -0.2) is 0 Å². The summed E-state index contributed by atoms with van der Waals surface area (Å²) in [5, 5.41) is 7.14. The van der Waals surface area contributed by atoms with Crippen LogP contribution < -0.4 is 10.6 Å². The van der Waals surface area contributed by atoms with Crippen molar-refractivity contribution in [1.82, 2.24) is 19.8 Å². The molecule has 1 aliphatic heterocycles. The Morgan fingerprint density at radius 2 is 1.76 bits per heavy atom. The van der Waals surface area contributed by atoms with Crippen LogP contribution in [0.3, 0.4) is 0 Å². The minimum Gasteiger partial charge on any atom is -0.352 e. The third-order valence-corrected chi connectivity index (χ3v) is 7.79. The van der Waals surface area contributed by atoms with Crippen LogP contribution in [0.15, 0.2) is 79.0 Å². The lowest BCUT2D eigenvalue weighted by Gasteiger charge is -2.28. The smallest absolute Gasteiger partial charge is 0.226 e. The average Bonchev–Trinajstić information content (AvgIpc) is 3.40. The van der Waals surface area contributed by atoms with Gasteiger partial charge in [-0.15, -0.1) is 0 Å². The summed E-state index contributed by atoms with van der Waals surface area (Å²) in [5.74, 6) is -0.0418. The fourth-order valence-electron chi connectivity index (χ4n) is 5.39. The number of aromatic nitrogens is 2. The van der Waals surface area contributed by atoms with Crippen LogP contribution in [0.5, 0.6) is 0 Å². The third-order valence-electron chi connectivity index (χ3n) is 7.44. The van der Waals surface area contributed by atoms with Gasteiger partial charge in [0.2, 0.25) is 5.91 Å². The van der Waals surface area contributed by atoms with Gasteiger partial charge in [-0.05, 0) is 93.0 Å². The van der Waals surface area contributed by atoms with E-state index in [1.165, 1.54) is 22.4 Å². The molecule has 1 amide bonds. The number of rotatable bonds is 7. The van der Waals surface area contributed by atoms with E-state index in [2.05, 4.69) is 77.0 Å². The van der Waals surface area contributed by atoms with Crippen molar-refractivity contribution in [3.63, 3.8) is 0 Å². The largest absolute Gasteiger partial charge is 0.352 e. The molecule has 0 aliphatic carbocycles. The van der Waals surface area contributed by atoms with E-state index in [0.717, 1.165) is 22.8 Å². The molecule has 2 N–H and O–H groups in total. The van der Waals surface area contributed by atoms with Crippen LogP contribution in [0.2, 0.25) is 0 Å². The van der Waals surface area contributed by atoms with Crippen LogP contribution in [-0.2, 0) is 4.79 Å². The van der Waals surface area contributed by atoms with Crippen molar-refractivity contribution < 1.29 is 4.79 Å². The zero-order valence-corrected chi connectivity index (χ0v) is 23.0. The van der Waals surface area contributed by atoms with Gasteiger partial charge in [0.25, 0.3) is 0 Å². The third kappa shape index (κ3) is 4.94. The Labute approximate surface area is 229 Å². The lowest BCUT2D eigenvalue weighted by atomic mass is 9.96. The molecule has 7 heteroatoms. The van der Waals surface area contributed by atoms with Crippen LogP contribution in [0.25, 0.3) is 5.69 Å². The Hall–Kier alpha value is -3.97. The predicted molar refractivity (Wildman–Crippen MR) is 157 cm³/mol. The first-order valence-electron chi connectivity index (χ1n) is 12.9. The number of pyridine rings is 1. The Morgan fingerprint density at radius 3 is 2.50 bits per heavy atom. The lowest BCUT2D eigenvalue weighted by molar-refractivity contribution is -0.116. The Kier molecular flexibility index (Phi) is 7.29. The summed E-state index contributed by atoms with van der Waals surface area (Å²) in [6.07, 6.45) is 2.13. The summed E-state index contributed by atoms with van der Waals surface area (Å²) in [5.41, 5.74) is 8.91. The standard InChI is InChI=1S/C31H33N5OS/c1-20-11-10-15-27(22(20)3)36-21(2)19-25(23(36)4)30-29(26-14-8-9-17-32-26)34-31(38)35(30)18-16-28(37)33-24-12-6-5-7-13-24/h5-15,17,19,29-30H,16,18H2,1-4H3,(H,33,37)(H,34,38)/t29-,30+/m1/s1. The van der Waals surface area contributed by atoms with Gasteiger partial charge >= 0.3 is 0 Å². The fourth-order valence-corrected chi connectivity index (χ4v) is 5.72. The monoisotopic (exact) mass is 523 g/mol. The van der Waals surface area contributed by atoms with E-state index in [1.807, 2.05) is 54.7 Å². The lowest BCUT2D eigenvalue weighted by Crippen LogP contribution is -2.32. The van der Waals surface area contributed by atoms with Gasteiger partial charge < -0.3 is 20.1 Å². The van der Waals surface area contributed by atoms with Crippen LogP contribution in [0.4, 0.5) is 5.69 Å². The van der Waals surface area contributed by atoms with Crippen LogP contribution in [0.1, 0.15) is 52.3 Å². The predicted octanol–water partition coefficient (Wildman–Crippen LogP) is 6.11. The molecule has 6 nitrogen and oxygen atoms in total. The molecule has 0 radical (unpaired) electrons. The summed E-state index contributed by atoms with van der Waals surface area (Å²) in [7, 11) is 0. The highest BCUT2D eigenvalue weighted by atomic mass is 32.1. The quantitative estimate of drug-likeness (QED) is 0.286. The zero-order chi connectivity index (χ0) is 26.8. The maximum atomic E-state index is 12.8. The number of carbonyl (C=O) groups excluding carboxylic acids is 1. The molecule has 2 aromatic carbocycles. The number of carbonyl (C=O) groups is 1. The maximum absolute atomic E-state index is 12.8. The minimum atomic E-state index is -0.131. The van der Waals surface area contributed by atoms with E-state index < -0.39 is 0 Å². The highest BCUT2D eigenvalue weighted by molar-refractivity contribution is 7.80. The van der Waals surface area contributed by atoms with Gasteiger partial charge in [0.1, 0.15) is 0 Å². The Balaban J connectivity index is 1.50. The molecule has 194 valence electrons. The molecule has 1 aliphatic rings. The first-order chi connectivity index (χ1) is 18.3. The van der Waals surface area contributed by atoms with Gasteiger partial charge in [0.15, 0.2) is 5.11 Å². The van der Waals surface area contributed by atoms with Gasteiger partial charge in [-0.2, -0.15) is 0 Å². The molecular weight excluding hydrogens is 490 g/mol. The number of hydrogen-bond donors (Lipinski definition) is 2. The van der Waals surface area contributed by atoms with Crippen molar-refractivity contribution in [2.45, 2.75) is 46.2 Å². The molecule has 0 bridgehead atoms. The van der Waals surface area contributed by atoms with E-state index in [-0.39, 0.29) is 18.0 Å². The van der Waals surface area contributed by atoms with E-state index >= 15 is 0 Å². The molecule has 2 atom stereocenters. The minimum absolute atomic E-state index is 0.0418. The zero-order valence-electron chi connectivity index (χ0n) is 22.2. The van der Waals surface area contributed by atoms with E-state index in [1.54, 1.807) is 0 Å². The van der Waals surface area contributed by atoms with Crippen molar-refractivity contribution in [2.24, 2.45) is 0 Å². The molecule has 4 aromatic rings. The molecule has 0 unspecified atom stereocenters. The van der Waals surface area contributed by atoms with Crippen molar-refractivity contribution in [1.29, 1.82) is 0 Å². The van der Waals surface area contributed by atoms with E-state index in [9.17, 15) is 4.79 Å². The molecule has 3 heterocycles. The Bertz CT molecular complexity index is 1460. The second-order valence-corrected chi connectivity index (χ2v) is 10.3. The molecule has 2 aromatic heterocycles. The van der Waals surface area contributed by atoms with Crippen LogP contribution >= 0.6 is 12.2 Å².